The van der Waals surface area contributed by atoms with Crippen LogP contribution in [0, 0.1) is 0 Å². The molecule has 1 heterocycles. The van der Waals surface area contributed by atoms with Crippen LogP contribution in [0.4, 0.5) is 0 Å². The second-order valence-electron chi connectivity index (χ2n) is 3.47. The van der Waals surface area contributed by atoms with Gasteiger partial charge in [-0.05, 0) is 24.3 Å². The molecule has 0 saturated carbocycles. The number of aromatic nitrogens is 2. The molecule has 16 heavy (non-hydrogen) atoms. The molecule has 1 aromatic carbocycles. The third-order valence-corrected chi connectivity index (χ3v) is 2.32. The topological polar surface area (TPSA) is 44.1 Å². The zero-order valence-electron chi connectivity index (χ0n) is 8.96. The fourth-order valence-electron chi connectivity index (χ4n) is 1.32. The molecule has 0 radical (unpaired) electrons. The Morgan fingerprint density at radius 3 is 2.69 bits per heavy atom. The minimum Gasteiger partial charge on any atom is -0.487 e. The summed E-state index contributed by atoms with van der Waals surface area (Å²) >= 11 is 0. The second kappa shape index (κ2) is 4.61. The van der Waals surface area contributed by atoms with Crippen LogP contribution < -0.4 is 4.74 Å². The lowest BCUT2D eigenvalue weighted by molar-refractivity contribution is 0.112. The minimum absolute atomic E-state index is 0.469. The molecule has 82 valence electrons. The summed E-state index contributed by atoms with van der Waals surface area (Å²) in [6.45, 7) is 0.469. The molecule has 0 N–H and O–H groups in total. The molecule has 0 unspecified atom stereocenters. The smallest absolute Gasteiger partial charge is 0.150 e. The van der Waals surface area contributed by atoms with Crippen molar-refractivity contribution < 1.29 is 9.53 Å². The van der Waals surface area contributed by atoms with E-state index in [-0.39, 0.29) is 0 Å². The molecule has 1 aromatic heterocycles. The Bertz CT molecular complexity index is 474. The van der Waals surface area contributed by atoms with Crippen LogP contribution in [0.25, 0.3) is 0 Å². The fraction of sp³-hybridized carbons (Fsp3) is 0.167. The standard InChI is InChI=1S/C12H12N2O2/c1-14-9-13-6-11(14)8-16-12-4-2-10(7-15)3-5-12/h2-7,9H,8H2,1H3. The van der Waals surface area contributed by atoms with Crippen LogP contribution in [0.2, 0.25) is 0 Å². The number of aryl methyl sites for hydroxylation is 1. The number of carbonyl (C=O) groups excluding carboxylic acids is 1. The first-order valence-corrected chi connectivity index (χ1v) is 4.93. The third-order valence-electron chi connectivity index (χ3n) is 2.32. The molecule has 2 aromatic rings. The third kappa shape index (κ3) is 2.28. The Labute approximate surface area is 93.5 Å². The monoisotopic (exact) mass is 216 g/mol. The quantitative estimate of drug-likeness (QED) is 0.732. The average molecular weight is 216 g/mol. The minimum atomic E-state index is 0.469. The maximum Gasteiger partial charge on any atom is 0.150 e. The predicted octanol–water partition coefficient (Wildman–Crippen LogP) is 1.81. The first kappa shape index (κ1) is 10.4. The molecule has 0 bridgehead atoms. The van der Waals surface area contributed by atoms with E-state index in [0.29, 0.717) is 12.2 Å². The summed E-state index contributed by atoms with van der Waals surface area (Å²) in [5, 5.41) is 0. The fourth-order valence-corrected chi connectivity index (χ4v) is 1.32. The Kier molecular flexibility index (Phi) is 3.00. The highest BCUT2D eigenvalue weighted by molar-refractivity contribution is 5.74. The Morgan fingerprint density at radius 2 is 2.12 bits per heavy atom. The van der Waals surface area contributed by atoms with E-state index in [1.807, 2.05) is 11.6 Å². The maximum absolute atomic E-state index is 10.5. The van der Waals surface area contributed by atoms with Gasteiger partial charge in [0.25, 0.3) is 0 Å². The van der Waals surface area contributed by atoms with Gasteiger partial charge in [-0.15, -0.1) is 0 Å². The molecule has 4 nitrogen and oxygen atoms in total. The summed E-state index contributed by atoms with van der Waals surface area (Å²) in [5.74, 6) is 0.742. The van der Waals surface area contributed by atoms with Gasteiger partial charge in [-0.25, -0.2) is 4.98 Å². The highest BCUT2D eigenvalue weighted by atomic mass is 16.5. The summed E-state index contributed by atoms with van der Waals surface area (Å²) < 4.78 is 7.46. The number of imidazole rings is 1. The SMILES string of the molecule is Cn1cncc1COc1ccc(C=O)cc1. The van der Waals surface area contributed by atoms with E-state index in [1.165, 1.54) is 0 Å². The van der Waals surface area contributed by atoms with Crippen LogP contribution in [-0.4, -0.2) is 15.8 Å². The Morgan fingerprint density at radius 1 is 1.38 bits per heavy atom. The first-order chi connectivity index (χ1) is 7.79. The molecule has 0 fully saturated rings. The van der Waals surface area contributed by atoms with Gasteiger partial charge in [0.2, 0.25) is 0 Å². The summed E-state index contributed by atoms with van der Waals surface area (Å²) in [4.78, 5) is 14.5. The number of hydrogen-bond acceptors (Lipinski definition) is 3. The summed E-state index contributed by atoms with van der Waals surface area (Å²) in [7, 11) is 1.92. The van der Waals surface area contributed by atoms with Gasteiger partial charge in [-0.1, -0.05) is 0 Å². The molecule has 0 aliphatic carbocycles. The zero-order valence-corrected chi connectivity index (χ0v) is 8.96. The Balaban J connectivity index is 1.99. The van der Waals surface area contributed by atoms with Crippen molar-refractivity contribution >= 4 is 6.29 Å². The average Bonchev–Trinajstić information content (AvgIpc) is 2.73. The number of rotatable bonds is 4. The van der Waals surface area contributed by atoms with Crippen LogP contribution in [0.5, 0.6) is 5.75 Å². The van der Waals surface area contributed by atoms with Gasteiger partial charge in [-0.3, -0.25) is 4.79 Å². The molecular weight excluding hydrogens is 204 g/mol. The van der Waals surface area contributed by atoms with Gasteiger partial charge in [0.05, 0.1) is 18.2 Å². The van der Waals surface area contributed by atoms with Crippen molar-refractivity contribution in [2.24, 2.45) is 7.05 Å². The van der Waals surface area contributed by atoms with Crippen molar-refractivity contribution in [2.45, 2.75) is 6.61 Å². The van der Waals surface area contributed by atoms with Crippen LogP contribution in [0.3, 0.4) is 0 Å². The van der Waals surface area contributed by atoms with Crippen LogP contribution in [-0.2, 0) is 13.7 Å². The van der Waals surface area contributed by atoms with E-state index in [0.717, 1.165) is 17.7 Å². The number of benzene rings is 1. The van der Waals surface area contributed by atoms with Crippen molar-refractivity contribution in [2.75, 3.05) is 0 Å². The summed E-state index contributed by atoms with van der Waals surface area (Å²) in [5.41, 5.74) is 1.65. The largest absolute Gasteiger partial charge is 0.487 e. The first-order valence-electron chi connectivity index (χ1n) is 4.93. The van der Waals surface area contributed by atoms with Crippen LogP contribution in [0.15, 0.2) is 36.8 Å². The number of ether oxygens (including phenoxy) is 1. The van der Waals surface area contributed by atoms with Crippen LogP contribution in [0.1, 0.15) is 16.1 Å². The van der Waals surface area contributed by atoms with Crippen LogP contribution >= 0.6 is 0 Å². The van der Waals surface area contributed by atoms with E-state index in [4.69, 9.17) is 4.74 Å². The highest BCUT2D eigenvalue weighted by Gasteiger charge is 1.99. The number of nitrogens with zero attached hydrogens (tertiary/aromatic N) is 2. The molecule has 0 spiro atoms. The lowest BCUT2D eigenvalue weighted by atomic mass is 10.2. The zero-order chi connectivity index (χ0) is 11.4. The van der Waals surface area contributed by atoms with E-state index in [1.54, 1.807) is 36.8 Å². The molecular formula is C12H12N2O2. The molecule has 4 heteroatoms. The van der Waals surface area contributed by atoms with Gasteiger partial charge in [0.15, 0.2) is 0 Å². The molecule has 0 aliphatic rings. The maximum atomic E-state index is 10.5. The predicted molar refractivity (Wildman–Crippen MR) is 59.4 cm³/mol. The lowest BCUT2D eigenvalue weighted by Gasteiger charge is -2.06. The van der Waals surface area contributed by atoms with Gasteiger partial charge < -0.3 is 9.30 Å². The summed E-state index contributed by atoms with van der Waals surface area (Å²) in [6.07, 6.45) is 4.30. The number of carbonyl (C=O) groups is 1. The van der Waals surface area contributed by atoms with Crippen molar-refractivity contribution in [1.29, 1.82) is 0 Å². The lowest BCUT2D eigenvalue weighted by Crippen LogP contribution is -2.00. The van der Waals surface area contributed by atoms with Crippen molar-refractivity contribution in [3.63, 3.8) is 0 Å². The van der Waals surface area contributed by atoms with E-state index in [9.17, 15) is 4.79 Å². The summed E-state index contributed by atoms with van der Waals surface area (Å²) in [6, 6.07) is 7.01. The molecule has 0 saturated heterocycles. The van der Waals surface area contributed by atoms with E-state index >= 15 is 0 Å². The normalized spacial score (nSPS) is 10.1. The van der Waals surface area contributed by atoms with Gasteiger partial charge in [0, 0.05) is 12.6 Å². The van der Waals surface area contributed by atoms with E-state index in [2.05, 4.69) is 4.98 Å². The molecule has 0 amide bonds. The number of hydrogen-bond donors (Lipinski definition) is 0. The van der Waals surface area contributed by atoms with E-state index < -0.39 is 0 Å². The number of aldehydes is 1. The van der Waals surface area contributed by atoms with Crippen molar-refractivity contribution in [1.82, 2.24) is 9.55 Å². The van der Waals surface area contributed by atoms with Gasteiger partial charge in [-0.2, -0.15) is 0 Å². The van der Waals surface area contributed by atoms with Gasteiger partial charge >= 0.3 is 0 Å². The molecule has 0 atom stereocenters. The molecule has 2 rings (SSSR count). The second-order valence-corrected chi connectivity index (χ2v) is 3.47. The van der Waals surface area contributed by atoms with Crippen molar-refractivity contribution in [3.8, 4) is 5.75 Å². The van der Waals surface area contributed by atoms with Gasteiger partial charge in [0.1, 0.15) is 18.6 Å². The highest BCUT2D eigenvalue weighted by Crippen LogP contribution is 2.12. The van der Waals surface area contributed by atoms with Crippen molar-refractivity contribution in [3.05, 3.63) is 48.0 Å². The Hall–Kier alpha value is -2.10. The molecule has 0 aliphatic heterocycles.